The van der Waals surface area contributed by atoms with Gasteiger partial charge in [-0.2, -0.15) is 0 Å². The average Bonchev–Trinajstić information content (AvgIpc) is 2.99. The zero-order valence-corrected chi connectivity index (χ0v) is 13.0. The third-order valence-electron chi connectivity index (χ3n) is 2.88. The van der Waals surface area contributed by atoms with Gasteiger partial charge in [0.25, 0.3) is 5.91 Å². The third kappa shape index (κ3) is 4.53. The van der Waals surface area contributed by atoms with Gasteiger partial charge in [0.15, 0.2) is 5.69 Å². The maximum atomic E-state index is 13.3. The highest BCUT2D eigenvalue weighted by Gasteiger charge is 2.14. The number of carbonyl (C=O) groups excluding carboxylic acids is 2. The Morgan fingerprint density at radius 1 is 1.39 bits per heavy atom. The van der Waals surface area contributed by atoms with Gasteiger partial charge in [0.1, 0.15) is 11.6 Å². The van der Waals surface area contributed by atoms with Gasteiger partial charge in [-0.15, -0.1) is 0 Å². The van der Waals surface area contributed by atoms with Gasteiger partial charge in [-0.05, 0) is 25.1 Å². The Balaban J connectivity index is 1.86. The number of ether oxygens (including phenoxy) is 1. The lowest BCUT2D eigenvalue weighted by atomic mass is 10.2. The number of esters is 1. The van der Waals surface area contributed by atoms with Crippen LogP contribution in [0.4, 0.5) is 4.39 Å². The monoisotopic (exact) mass is 340 g/mol. The summed E-state index contributed by atoms with van der Waals surface area (Å²) in [5.41, 5.74) is 0.240. The van der Waals surface area contributed by atoms with Gasteiger partial charge < -0.3 is 14.6 Å². The topological polar surface area (TPSA) is 81.4 Å². The van der Waals surface area contributed by atoms with E-state index in [0.29, 0.717) is 12.2 Å². The van der Waals surface area contributed by atoms with Crippen LogP contribution in [-0.4, -0.2) is 30.2 Å². The Labute approximate surface area is 136 Å². The average molecular weight is 341 g/mol. The molecular formula is C15H14ClFN2O4. The van der Waals surface area contributed by atoms with Gasteiger partial charge in [-0.25, -0.2) is 9.18 Å². The van der Waals surface area contributed by atoms with Crippen LogP contribution < -0.4 is 5.32 Å². The predicted molar refractivity (Wildman–Crippen MR) is 79.9 cm³/mol. The number of benzene rings is 1. The number of hydrogen-bond acceptors (Lipinski definition) is 5. The number of aromatic nitrogens is 1. The maximum absolute atomic E-state index is 13.3. The highest BCUT2D eigenvalue weighted by atomic mass is 35.5. The van der Waals surface area contributed by atoms with Gasteiger partial charge >= 0.3 is 5.97 Å². The first kappa shape index (κ1) is 17.0. The molecule has 0 aliphatic rings. The molecule has 1 N–H and O–H groups in total. The number of nitrogens with one attached hydrogen (secondary N) is 1. The Morgan fingerprint density at radius 3 is 2.87 bits per heavy atom. The molecule has 0 aliphatic heterocycles. The van der Waals surface area contributed by atoms with Gasteiger partial charge in [0.05, 0.1) is 11.6 Å². The van der Waals surface area contributed by atoms with Crippen LogP contribution in [-0.2, 0) is 11.2 Å². The van der Waals surface area contributed by atoms with E-state index in [1.54, 1.807) is 6.92 Å². The van der Waals surface area contributed by atoms with Crippen LogP contribution in [0.25, 0.3) is 0 Å². The first-order valence-electron chi connectivity index (χ1n) is 6.87. The molecule has 0 radical (unpaired) electrons. The van der Waals surface area contributed by atoms with E-state index < -0.39 is 17.7 Å². The van der Waals surface area contributed by atoms with Crippen LogP contribution in [0.1, 0.15) is 33.5 Å². The number of hydrogen-bond donors (Lipinski definition) is 1. The molecule has 1 aromatic carbocycles. The quantitative estimate of drug-likeness (QED) is 0.817. The highest BCUT2D eigenvalue weighted by molar-refractivity contribution is 6.30. The molecule has 0 aliphatic carbocycles. The van der Waals surface area contributed by atoms with E-state index in [4.69, 9.17) is 20.9 Å². The lowest BCUT2D eigenvalue weighted by Crippen LogP contribution is -2.25. The van der Waals surface area contributed by atoms with Crippen LogP contribution in [0.5, 0.6) is 0 Å². The largest absolute Gasteiger partial charge is 0.461 e. The number of nitrogens with zero attached hydrogens (tertiary/aromatic N) is 1. The Morgan fingerprint density at radius 2 is 2.17 bits per heavy atom. The van der Waals surface area contributed by atoms with Gasteiger partial charge in [0.2, 0.25) is 0 Å². The number of rotatable bonds is 6. The van der Waals surface area contributed by atoms with Gasteiger partial charge in [-0.1, -0.05) is 16.8 Å². The fraction of sp³-hybridized carbons (Fsp3) is 0.267. The number of carbonyl (C=O) groups is 2. The molecule has 0 saturated carbocycles. The van der Waals surface area contributed by atoms with Crippen molar-refractivity contribution in [2.45, 2.75) is 13.3 Å². The second kappa shape index (κ2) is 7.73. The Bertz CT molecular complexity index is 717. The second-order valence-corrected chi connectivity index (χ2v) is 4.94. The molecule has 1 amide bonds. The fourth-order valence-electron chi connectivity index (χ4n) is 1.77. The highest BCUT2D eigenvalue weighted by Crippen LogP contribution is 2.15. The molecule has 2 rings (SSSR count). The van der Waals surface area contributed by atoms with Crippen LogP contribution in [0.15, 0.2) is 28.8 Å². The van der Waals surface area contributed by atoms with E-state index in [1.807, 2.05) is 0 Å². The summed E-state index contributed by atoms with van der Waals surface area (Å²) in [5.74, 6) is -1.24. The van der Waals surface area contributed by atoms with Crippen molar-refractivity contribution in [3.8, 4) is 0 Å². The zero-order chi connectivity index (χ0) is 16.8. The minimum absolute atomic E-state index is 0.0466. The second-order valence-electron chi connectivity index (χ2n) is 4.53. The molecule has 6 nitrogen and oxygen atoms in total. The van der Waals surface area contributed by atoms with Crippen LogP contribution in [0, 0.1) is 5.82 Å². The van der Waals surface area contributed by atoms with E-state index in [-0.39, 0.29) is 29.4 Å². The summed E-state index contributed by atoms with van der Waals surface area (Å²) in [7, 11) is 0. The molecule has 0 saturated heterocycles. The number of amides is 1. The summed E-state index contributed by atoms with van der Waals surface area (Å²) in [4.78, 5) is 23.3. The first-order valence-corrected chi connectivity index (χ1v) is 7.25. The molecule has 1 aromatic heterocycles. The maximum Gasteiger partial charge on any atom is 0.360 e. The Kier molecular flexibility index (Phi) is 5.70. The van der Waals surface area contributed by atoms with Crippen molar-refractivity contribution in [1.29, 1.82) is 0 Å². The van der Waals surface area contributed by atoms with Crippen LogP contribution in [0.2, 0.25) is 5.02 Å². The normalized spacial score (nSPS) is 10.4. The summed E-state index contributed by atoms with van der Waals surface area (Å²) < 4.78 is 23.0. The van der Waals surface area contributed by atoms with E-state index >= 15 is 0 Å². The molecule has 0 spiro atoms. The summed E-state index contributed by atoms with van der Waals surface area (Å²) in [6, 6.07) is 5.25. The van der Waals surface area contributed by atoms with Crippen molar-refractivity contribution >= 4 is 23.5 Å². The summed E-state index contributed by atoms with van der Waals surface area (Å²) >= 11 is 5.56. The SMILES string of the molecule is CCOC(=O)c1cc(CCNC(=O)c2ccc(Cl)c(F)c2)on1. The fourth-order valence-corrected chi connectivity index (χ4v) is 1.89. The lowest BCUT2D eigenvalue weighted by molar-refractivity contribution is 0.0514. The lowest BCUT2D eigenvalue weighted by Gasteiger charge is -2.04. The van der Waals surface area contributed by atoms with Crippen molar-refractivity contribution < 1.29 is 23.2 Å². The summed E-state index contributed by atoms with van der Waals surface area (Å²) in [6.07, 6.45) is 0.328. The first-order chi connectivity index (χ1) is 11.0. The molecule has 23 heavy (non-hydrogen) atoms. The van der Waals surface area contributed by atoms with Gasteiger partial charge in [-0.3, -0.25) is 4.79 Å². The summed E-state index contributed by atoms with van der Waals surface area (Å²) in [6.45, 7) is 2.17. The molecule has 0 unspecified atom stereocenters. The van der Waals surface area contributed by atoms with Crippen molar-refractivity contribution in [2.75, 3.05) is 13.2 Å². The molecule has 0 fully saturated rings. The molecule has 1 heterocycles. The standard InChI is InChI=1S/C15H14ClFN2O4/c1-2-22-15(21)13-8-10(23-19-13)5-6-18-14(20)9-3-4-11(16)12(17)7-9/h3-4,7-8H,2,5-6H2,1H3,(H,18,20). The van der Waals surface area contributed by atoms with E-state index in [2.05, 4.69) is 10.5 Å². The van der Waals surface area contributed by atoms with Crippen molar-refractivity contribution in [3.63, 3.8) is 0 Å². The molecule has 8 heteroatoms. The molecule has 0 atom stereocenters. The van der Waals surface area contributed by atoms with E-state index in [0.717, 1.165) is 6.07 Å². The molecular weight excluding hydrogens is 327 g/mol. The summed E-state index contributed by atoms with van der Waals surface area (Å²) in [5, 5.41) is 6.14. The van der Waals surface area contributed by atoms with E-state index in [1.165, 1.54) is 18.2 Å². The van der Waals surface area contributed by atoms with Crippen molar-refractivity contribution in [1.82, 2.24) is 10.5 Å². The van der Waals surface area contributed by atoms with Crippen molar-refractivity contribution in [2.24, 2.45) is 0 Å². The van der Waals surface area contributed by atoms with Crippen LogP contribution in [0.3, 0.4) is 0 Å². The molecule has 0 bridgehead atoms. The van der Waals surface area contributed by atoms with Crippen LogP contribution >= 0.6 is 11.6 Å². The number of halogens is 2. The van der Waals surface area contributed by atoms with E-state index in [9.17, 15) is 14.0 Å². The van der Waals surface area contributed by atoms with Gasteiger partial charge in [0, 0.05) is 24.6 Å². The minimum atomic E-state index is -0.659. The smallest absolute Gasteiger partial charge is 0.360 e. The Hall–Kier alpha value is -2.41. The zero-order valence-electron chi connectivity index (χ0n) is 12.3. The minimum Gasteiger partial charge on any atom is -0.461 e. The van der Waals surface area contributed by atoms with Crippen molar-refractivity contribution in [3.05, 3.63) is 52.1 Å². The predicted octanol–water partition coefficient (Wildman–Crippen LogP) is 2.62. The third-order valence-corrected chi connectivity index (χ3v) is 3.19. The molecule has 2 aromatic rings. The molecule has 122 valence electrons.